The second-order valence-electron chi connectivity index (χ2n) is 2.76. The van der Waals surface area contributed by atoms with Crippen LogP contribution in [0.25, 0.3) is 10.8 Å². The van der Waals surface area contributed by atoms with Crippen LogP contribution in [0, 0.1) is 17.1 Å². The standard InChI is InChI=1S/C10H4ClFN2/c11-10-8-5-14-4-6(3-13)7(8)1-2-9(10)12/h1-2,4-5H. The third kappa shape index (κ3) is 1.21. The van der Waals surface area contributed by atoms with E-state index in [2.05, 4.69) is 4.98 Å². The zero-order valence-corrected chi connectivity index (χ0v) is 7.72. The molecule has 0 aliphatic rings. The van der Waals surface area contributed by atoms with Crippen molar-refractivity contribution in [3.8, 4) is 6.07 Å². The molecule has 0 amide bonds. The van der Waals surface area contributed by atoms with Crippen molar-refractivity contribution < 1.29 is 4.39 Å². The van der Waals surface area contributed by atoms with Gasteiger partial charge in [0, 0.05) is 23.2 Å². The van der Waals surface area contributed by atoms with Crippen LogP contribution in [0.3, 0.4) is 0 Å². The highest BCUT2D eigenvalue weighted by Gasteiger charge is 2.07. The van der Waals surface area contributed by atoms with Crippen molar-refractivity contribution >= 4 is 22.4 Å². The van der Waals surface area contributed by atoms with Crippen molar-refractivity contribution in [2.24, 2.45) is 0 Å². The van der Waals surface area contributed by atoms with Crippen LogP contribution in [0.5, 0.6) is 0 Å². The Bertz CT molecular complexity index is 546. The highest BCUT2D eigenvalue weighted by atomic mass is 35.5. The molecule has 0 aliphatic heterocycles. The monoisotopic (exact) mass is 206 g/mol. The van der Waals surface area contributed by atoms with E-state index in [1.54, 1.807) is 0 Å². The molecule has 2 aromatic rings. The number of nitrogens with zero attached hydrogens (tertiary/aromatic N) is 2. The molecule has 2 nitrogen and oxygen atoms in total. The van der Waals surface area contributed by atoms with Crippen LogP contribution in [0.15, 0.2) is 24.5 Å². The van der Waals surface area contributed by atoms with Crippen LogP contribution in [0.1, 0.15) is 5.56 Å². The molecule has 0 atom stereocenters. The Morgan fingerprint density at radius 3 is 2.79 bits per heavy atom. The Labute approximate surface area is 84.6 Å². The van der Waals surface area contributed by atoms with Crippen molar-refractivity contribution in [3.05, 3.63) is 40.9 Å². The normalized spacial score (nSPS) is 10.1. The number of aromatic nitrogens is 1. The average Bonchev–Trinajstić information content (AvgIpc) is 2.23. The fourth-order valence-electron chi connectivity index (χ4n) is 1.27. The molecule has 14 heavy (non-hydrogen) atoms. The average molecular weight is 207 g/mol. The summed E-state index contributed by atoms with van der Waals surface area (Å²) in [5.41, 5.74) is 0.393. The number of hydrogen-bond donors (Lipinski definition) is 0. The number of rotatable bonds is 0. The predicted molar refractivity (Wildman–Crippen MR) is 51.4 cm³/mol. The van der Waals surface area contributed by atoms with Gasteiger partial charge in [0.2, 0.25) is 0 Å². The first-order valence-corrected chi connectivity index (χ1v) is 4.23. The molecule has 0 aliphatic carbocycles. The van der Waals surface area contributed by atoms with Crippen LogP contribution >= 0.6 is 11.6 Å². The zero-order chi connectivity index (χ0) is 10.1. The lowest BCUT2D eigenvalue weighted by Crippen LogP contribution is -1.85. The smallest absolute Gasteiger partial charge is 0.142 e. The minimum atomic E-state index is -0.504. The second-order valence-corrected chi connectivity index (χ2v) is 3.13. The number of nitriles is 1. The number of benzene rings is 1. The molecule has 1 heterocycles. The maximum Gasteiger partial charge on any atom is 0.142 e. The summed E-state index contributed by atoms with van der Waals surface area (Å²) in [5, 5.41) is 9.86. The van der Waals surface area contributed by atoms with Crippen LogP contribution in [-0.2, 0) is 0 Å². The molecule has 1 aromatic heterocycles. The molecule has 0 unspecified atom stereocenters. The van der Waals surface area contributed by atoms with E-state index in [1.165, 1.54) is 24.5 Å². The molecule has 0 radical (unpaired) electrons. The first kappa shape index (κ1) is 8.92. The molecule has 1 aromatic carbocycles. The topological polar surface area (TPSA) is 36.7 Å². The van der Waals surface area contributed by atoms with Crippen LogP contribution in [0.2, 0.25) is 5.02 Å². The van der Waals surface area contributed by atoms with Crippen molar-refractivity contribution in [1.82, 2.24) is 4.98 Å². The highest BCUT2D eigenvalue weighted by molar-refractivity contribution is 6.35. The summed E-state index contributed by atoms with van der Waals surface area (Å²) in [5.74, 6) is -0.504. The van der Waals surface area contributed by atoms with Gasteiger partial charge in [0.15, 0.2) is 0 Å². The van der Waals surface area contributed by atoms with Crippen LogP contribution in [0.4, 0.5) is 4.39 Å². The summed E-state index contributed by atoms with van der Waals surface area (Å²) >= 11 is 5.73. The lowest BCUT2D eigenvalue weighted by Gasteiger charge is -2.01. The molecule has 2 rings (SSSR count). The largest absolute Gasteiger partial charge is 0.263 e. The highest BCUT2D eigenvalue weighted by Crippen LogP contribution is 2.27. The van der Waals surface area contributed by atoms with E-state index in [0.29, 0.717) is 16.3 Å². The van der Waals surface area contributed by atoms with Crippen molar-refractivity contribution in [1.29, 1.82) is 5.26 Å². The fourth-order valence-corrected chi connectivity index (χ4v) is 1.49. The van der Waals surface area contributed by atoms with Gasteiger partial charge in [-0.25, -0.2) is 4.39 Å². The summed E-state index contributed by atoms with van der Waals surface area (Å²) in [7, 11) is 0. The Kier molecular flexibility index (Phi) is 2.06. The number of hydrogen-bond acceptors (Lipinski definition) is 2. The van der Waals surface area contributed by atoms with Crippen molar-refractivity contribution in [3.63, 3.8) is 0 Å². The van der Waals surface area contributed by atoms with Gasteiger partial charge in [-0.15, -0.1) is 0 Å². The summed E-state index contributed by atoms with van der Waals surface area (Å²) in [4.78, 5) is 3.81. The number of pyridine rings is 1. The van der Waals surface area contributed by atoms with Gasteiger partial charge in [-0.1, -0.05) is 11.6 Å². The van der Waals surface area contributed by atoms with Crippen molar-refractivity contribution in [2.45, 2.75) is 0 Å². The Balaban J connectivity index is 2.95. The van der Waals surface area contributed by atoms with E-state index in [9.17, 15) is 4.39 Å². The first-order valence-electron chi connectivity index (χ1n) is 3.86. The SMILES string of the molecule is N#Cc1cncc2c(Cl)c(F)ccc12. The second kappa shape index (κ2) is 3.24. The van der Waals surface area contributed by atoms with E-state index < -0.39 is 5.82 Å². The molecule has 0 N–H and O–H groups in total. The molecule has 0 saturated heterocycles. The van der Waals surface area contributed by atoms with E-state index in [4.69, 9.17) is 16.9 Å². The fraction of sp³-hybridized carbons (Fsp3) is 0. The van der Waals surface area contributed by atoms with E-state index in [0.717, 1.165) is 0 Å². The van der Waals surface area contributed by atoms with Gasteiger partial charge >= 0.3 is 0 Å². The van der Waals surface area contributed by atoms with Gasteiger partial charge < -0.3 is 0 Å². The minimum Gasteiger partial charge on any atom is -0.263 e. The summed E-state index contributed by atoms with van der Waals surface area (Å²) in [6, 6.07) is 4.74. The van der Waals surface area contributed by atoms with Gasteiger partial charge in [-0.3, -0.25) is 4.98 Å². The number of halogens is 2. The Morgan fingerprint density at radius 1 is 1.29 bits per heavy atom. The van der Waals surface area contributed by atoms with Crippen molar-refractivity contribution in [2.75, 3.05) is 0 Å². The lowest BCUT2D eigenvalue weighted by atomic mass is 10.1. The van der Waals surface area contributed by atoms with Gasteiger partial charge in [0.05, 0.1) is 10.6 Å². The maximum absolute atomic E-state index is 13.0. The molecule has 0 fully saturated rings. The van der Waals surface area contributed by atoms with Gasteiger partial charge in [-0.05, 0) is 12.1 Å². The summed E-state index contributed by atoms with van der Waals surface area (Å²) in [6.45, 7) is 0. The molecule has 0 bridgehead atoms. The Hall–Kier alpha value is -1.66. The van der Waals surface area contributed by atoms with E-state index in [1.807, 2.05) is 6.07 Å². The lowest BCUT2D eigenvalue weighted by molar-refractivity contribution is 0.630. The zero-order valence-electron chi connectivity index (χ0n) is 6.96. The molecular formula is C10H4ClFN2. The maximum atomic E-state index is 13.0. The van der Waals surface area contributed by atoms with Crippen LogP contribution < -0.4 is 0 Å². The summed E-state index contributed by atoms with van der Waals surface area (Å²) in [6.07, 6.45) is 2.87. The van der Waals surface area contributed by atoms with Gasteiger partial charge in [-0.2, -0.15) is 5.26 Å². The molecule has 0 saturated carbocycles. The quantitative estimate of drug-likeness (QED) is 0.665. The first-order chi connectivity index (χ1) is 6.74. The molecule has 68 valence electrons. The molecule has 0 spiro atoms. The predicted octanol–water partition coefficient (Wildman–Crippen LogP) is 2.90. The van der Waals surface area contributed by atoms with Gasteiger partial charge in [0.1, 0.15) is 11.9 Å². The van der Waals surface area contributed by atoms with E-state index >= 15 is 0 Å². The third-order valence-corrected chi connectivity index (χ3v) is 2.33. The van der Waals surface area contributed by atoms with Crippen LogP contribution in [-0.4, -0.2) is 4.98 Å². The third-order valence-electron chi connectivity index (χ3n) is 1.95. The Morgan fingerprint density at radius 2 is 2.07 bits per heavy atom. The number of fused-ring (bicyclic) bond motifs is 1. The summed E-state index contributed by atoms with van der Waals surface area (Å²) < 4.78 is 13.0. The minimum absolute atomic E-state index is 0.00657. The van der Waals surface area contributed by atoms with Gasteiger partial charge in [0.25, 0.3) is 0 Å². The molecule has 4 heteroatoms. The molecular weight excluding hydrogens is 203 g/mol. The van der Waals surface area contributed by atoms with E-state index in [-0.39, 0.29) is 5.02 Å².